The molecule has 1 aliphatic heterocycles. The van der Waals surface area contributed by atoms with Gasteiger partial charge in [0.2, 0.25) is 11.8 Å². The second-order valence-corrected chi connectivity index (χ2v) is 5.68. The number of alkyl halides is 3. The Kier molecular flexibility index (Phi) is 5.82. The van der Waals surface area contributed by atoms with Gasteiger partial charge in [-0.2, -0.15) is 13.2 Å². The largest absolute Gasteiger partial charge is 0.416 e. The zero-order valence-electron chi connectivity index (χ0n) is 13.2. The van der Waals surface area contributed by atoms with Gasteiger partial charge in [-0.1, -0.05) is 18.2 Å². The van der Waals surface area contributed by atoms with Gasteiger partial charge < -0.3 is 15.0 Å². The summed E-state index contributed by atoms with van der Waals surface area (Å²) in [6.45, 7) is 1.25. The number of methoxy groups -OCH3 is 1. The molecule has 5 nitrogen and oxygen atoms in total. The first-order valence-electron chi connectivity index (χ1n) is 7.52. The van der Waals surface area contributed by atoms with Gasteiger partial charge in [0.15, 0.2) is 0 Å². The number of rotatable bonds is 6. The van der Waals surface area contributed by atoms with Crippen molar-refractivity contribution in [3.8, 4) is 0 Å². The molecule has 8 heteroatoms. The Labute approximate surface area is 137 Å². The lowest BCUT2D eigenvalue weighted by Crippen LogP contribution is -2.38. The van der Waals surface area contributed by atoms with E-state index in [9.17, 15) is 22.8 Å². The number of carbonyl (C=O) groups is 2. The van der Waals surface area contributed by atoms with Crippen molar-refractivity contribution in [3.05, 3.63) is 35.4 Å². The normalized spacial score (nSPS) is 18.1. The van der Waals surface area contributed by atoms with Crippen LogP contribution in [0.2, 0.25) is 0 Å². The van der Waals surface area contributed by atoms with Crippen LogP contribution in [0.3, 0.4) is 0 Å². The zero-order chi connectivity index (χ0) is 17.7. The van der Waals surface area contributed by atoms with E-state index in [1.165, 1.54) is 19.2 Å². The van der Waals surface area contributed by atoms with Crippen LogP contribution in [-0.2, 0) is 26.9 Å². The summed E-state index contributed by atoms with van der Waals surface area (Å²) in [4.78, 5) is 25.4. The fourth-order valence-electron chi connectivity index (χ4n) is 2.61. The van der Waals surface area contributed by atoms with Gasteiger partial charge in [-0.25, -0.2) is 0 Å². The number of carbonyl (C=O) groups excluding carboxylic acids is 2. The van der Waals surface area contributed by atoms with E-state index in [-0.39, 0.29) is 30.4 Å². The van der Waals surface area contributed by atoms with E-state index in [2.05, 4.69) is 5.32 Å². The minimum atomic E-state index is -4.44. The Bertz CT molecular complexity index is 604. The van der Waals surface area contributed by atoms with Crippen LogP contribution in [0.5, 0.6) is 0 Å². The first kappa shape index (κ1) is 18.3. The predicted molar refractivity (Wildman–Crippen MR) is 80.2 cm³/mol. The first-order valence-corrected chi connectivity index (χ1v) is 7.52. The van der Waals surface area contributed by atoms with Crippen molar-refractivity contribution < 1.29 is 27.5 Å². The number of nitrogens with one attached hydrogen (secondary N) is 1. The summed E-state index contributed by atoms with van der Waals surface area (Å²) in [6.07, 6.45) is -4.41. The third-order valence-electron chi connectivity index (χ3n) is 3.76. The highest BCUT2D eigenvalue weighted by Crippen LogP contribution is 2.29. The number of hydrogen-bond acceptors (Lipinski definition) is 3. The smallest absolute Gasteiger partial charge is 0.383 e. The molecular weight excluding hydrogens is 325 g/mol. The van der Waals surface area contributed by atoms with Crippen LogP contribution >= 0.6 is 0 Å². The lowest BCUT2D eigenvalue weighted by molar-refractivity contribution is -0.137. The van der Waals surface area contributed by atoms with Crippen molar-refractivity contribution in [1.82, 2.24) is 10.2 Å². The summed E-state index contributed by atoms with van der Waals surface area (Å²) < 4.78 is 42.9. The van der Waals surface area contributed by atoms with E-state index in [1.54, 1.807) is 4.90 Å². The van der Waals surface area contributed by atoms with Gasteiger partial charge >= 0.3 is 6.18 Å². The van der Waals surface area contributed by atoms with Crippen molar-refractivity contribution >= 4 is 11.8 Å². The number of benzene rings is 1. The second kappa shape index (κ2) is 7.65. The summed E-state index contributed by atoms with van der Waals surface area (Å²) in [5.41, 5.74) is -0.502. The van der Waals surface area contributed by atoms with Gasteiger partial charge in [0.1, 0.15) is 0 Å². The summed E-state index contributed by atoms with van der Waals surface area (Å²) in [6, 6.07) is 4.35. The SMILES string of the molecule is COCCN1CC(NC(=O)Cc2cccc(C(F)(F)F)c2)CC1=O. The molecule has 2 rings (SSSR count). The zero-order valence-corrected chi connectivity index (χ0v) is 13.2. The quantitative estimate of drug-likeness (QED) is 0.853. The minimum Gasteiger partial charge on any atom is -0.383 e. The highest BCUT2D eigenvalue weighted by atomic mass is 19.4. The molecule has 1 unspecified atom stereocenters. The molecule has 132 valence electrons. The Morgan fingerprint density at radius 1 is 1.42 bits per heavy atom. The van der Waals surface area contributed by atoms with Gasteiger partial charge in [0.25, 0.3) is 0 Å². The number of likely N-dealkylation sites (tertiary alicyclic amines) is 1. The van der Waals surface area contributed by atoms with Crippen LogP contribution in [0.4, 0.5) is 13.2 Å². The molecular formula is C16H19F3N2O3. The van der Waals surface area contributed by atoms with Crippen molar-refractivity contribution in [2.75, 3.05) is 26.8 Å². The van der Waals surface area contributed by atoms with Crippen LogP contribution in [0.1, 0.15) is 17.5 Å². The standard InChI is InChI=1S/C16H19F3N2O3/c1-24-6-5-21-10-13(9-15(21)23)20-14(22)8-11-3-2-4-12(7-11)16(17,18)19/h2-4,7,13H,5-6,8-10H2,1H3,(H,20,22). The minimum absolute atomic E-state index is 0.0728. The Hall–Kier alpha value is -2.09. The molecule has 1 aliphatic rings. The number of amides is 2. The van der Waals surface area contributed by atoms with Crippen LogP contribution in [0.15, 0.2) is 24.3 Å². The van der Waals surface area contributed by atoms with Gasteiger partial charge in [-0.3, -0.25) is 9.59 Å². The van der Waals surface area contributed by atoms with Crippen LogP contribution in [0.25, 0.3) is 0 Å². The fourth-order valence-corrected chi connectivity index (χ4v) is 2.61. The maximum atomic E-state index is 12.7. The van der Waals surface area contributed by atoms with E-state index in [4.69, 9.17) is 4.74 Å². The number of nitrogens with zero attached hydrogens (tertiary/aromatic N) is 1. The average molecular weight is 344 g/mol. The number of hydrogen-bond donors (Lipinski definition) is 1. The lowest BCUT2D eigenvalue weighted by atomic mass is 10.1. The third-order valence-corrected chi connectivity index (χ3v) is 3.76. The van der Waals surface area contributed by atoms with Crippen molar-refractivity contribution in [2.24, 2.45) is 0 Å². The number of halogens is 3. The molecule has 1 saturated heterocycles. The molecule has 0 radical (unpaired) electrons. The average Bonchev–Trinajstić information content (AvgIpc) is 2.84. The summed E-state index contributed by atoms with van der Waals surface area (Å²) >= 11 is 0. The van der Waals surface area contributed by atoms with Crippen molar-refractivity contribution in [1.29, 1.82) is 0 Å². The molecule has 1 aromatic carbocycles. The molecule has 1 heterocycles. The second-order valence-electron chi connectivity index (χ2n) is 5.68. The lowest BCUT2D eigenvalue weighted by Gasteiger charge is -2.16. The molecule has 0 aromatic heterocycles. The highest BCUT2D eigenvalue weighted by Gasteiger charge is 2.31. The number of ether oxygens (including phenoxy) is 1. The van der Waals surface area contributed by atoms with Crippen molar-refractivity contribution in [2.45, 2.75) is 25.1 Å². The summed E-state index contributed by atoms with van der Waals surface area (Å²) in [5, 5.41) is 2.70. The van der Waals surface area contributed by atoms with E-state index >= 15 is 0 Å². The van der Waals surface area contributed by atoms with Crippen LogP contribution in [0, 0.1) is 0 Å². The molecule has 0 spiro atoms. The monoisotopic (exact) mass is 344 g/mol. The predicted octanol–water partition coefficient (Wildman–Crippen LogP) is 1.61. The molecule has 1 N–H and O–H groups in total. The Morgan fingerprint density at radius 2 is 2.17 bits per heavy atom. The van der Waals surface area contributed by atoms with Crippen molar-refractivity contribution in [3.63, 3.8) is 0 Å². The molecule has 2 amide bonds. The van der Waals surface area contributed by atoms with Crippen LogP contribution in [-0.4, -0.2) is 49.6 Å². The Morgan fingerprint density at radius 3 is 2.83 bits per heavy atom. The van der Waals surface area contributed by atoms with E-state index in [0.717, 1.165) is 12.1 Å². The van der Waals surface area contributed by atoms with Gasteiger partial charge in [0.05, 0.1) is 24.6 Å². The summed E-state index contributed by atoms with van der Waals surface area (Å²) in [5.74, 6) is -0.475. The maximum Gasteiger partial charge on any atom is 0.416 e. The summed E-state index contributed by atoms with van der Waals surface area (Å²) in [7, 11) is 1.54. The molecule has 24 heavy (non-hydrogen) atoms. The van der Waals surface area contributed by atoms with E-state index in [0.29, 0.717) is 19.7 Å². The topological polar surface area (TPSA) is 58.6 Å². The molecule has 1 atom stereocenters. The van der Waals surface area contributed by atoms with Gasteiger partial charge in [-0.15, -0.1) is 0 Å². The van der Waals surface area contributed by atoms with Gasteiger partial charge in [-0.05, 0) is 11.6 Å². The maximum absolute atomic E-state index is 12.7. The first-order chi connectivity index (χ1) is 11.3. The molecule has 0 bridgehead atoms. The molecule has 0 aliphatic carbocycles. The Balaban J connectivity index is 1.89. The van der Waals surface area contributed by atoms with E-state index in [1.807, 2.05) is 0 Å². The molecule has 0 saturated carbocycles. The highest BCUT2D eigenvalue weighted by molar-refractivity contribution is 5.83. The molecule has 1 fully saturated rings. The fraction of sp³-hybridized carbons (Fsp3) is 0.500. The molecule has 1 aromatic rings. The van der Waals surface area contributed by atoms with Crippen LogP contribution < -0.4 is 5.32 Å². The van der Waals surface area contributed by atoms with E-state index < -0.39 is 17.6 Å². The third kappa shape index (κ3) is 4.95. The van der Waals surface area contributed by atoms with Gasteiger partial charge in [0, 0.05) is 26.6 Å².